The van der Waals surface area contributed by atoms with E-state index in [2.05, 4.69) is 31.7 Å². The summed E-state index contributed by atoms with van der Waals surface area (Å²) in [5.41, 5.74) is 13.8. The van der Waals surface area contributed by atoms with Gasteiger partial charge in [0.1, 0.15) is 85.7 Å². The number of fused-ring (bicyclic) bond motifs is 9. The Kier molecular flexibility index (Phi) is 27.2. The number of hydrogen-bond donors (Lipinski definition) is 18. The molecule has 15 rings (SSSR count). The number of likely N-dealkylation sites (N-methyl/N-ethyl adjacent to an activating group) is 3. The van der Waals surface area contributed by atoms with E-state index >= 15 is 0 Å². The van der Waals surface area contributed by atoms with Crippen molar-refractivity contribution in [3.63, 3.8) is 0 Å². The van der Waals surface area contributed by atoms with Crippen LogP contribution in [0.2, 0.25) is 0 Å². The van der Waals surface area contributed by atoms with Gasteiger partial charge in [0, 0.05) is 76.5 Å². The first-order chi connectivity index (χ1) is 58.5. The van der Waals surface area contributed by atoms with Gasteiger partial charge in [0.2, 0.25) is 17.3 Å². The number of benzene rings is 3. The number of aliphatic hydroxyl groups excluding tert-OH is 6. The molecule has 0 spiro atoms. The van der Waals surface area contributed by atoms with Gasteiger partial charge in [-0.05, 0) is 217 Å². The lowest BCUT2D eigenvalue weighted by Crippen LogP contribution is -2.65. The second-order valence-corrected chi connectivity index (χ2v) is 33.0. The maximum absolute atomic E-state index is 14.0. The number of carbonyl (C=O) groups is 11. The number of amides is 3. The Hall–Kier alpha value is -11.7. The minimum atomic E-state index is -2.70. The number of ether oxygens (including phenoxy) is 2. The number of phenols is 3. The molecule has 3 aromatic carbocycles. The first kappa shape index (κ1) is 93.0. The van der Waals surface area contributed by atoms with Crippen molar-refractivity contribution in [2.45, 2.75) is 92.7 Å². The molecule has 0 aliphatic heterocycles. The zero-order valence-electron chi connectivity index (χ0n) is 68.2. The van der Waals surface area contributed by atoms with E-state index in [0.717, 1.165) is 28.4 Å². The van der Waals surface area contributed by atoms with Gasteiger partial charge in [-0.15, -0.1) is 0 Å². The molecular weight excluding hydrogens is 1740 g/mol. The van der Waals surface area contributed by atoms with Crippen LogP contribution in [0, 0.1) is 39.1 Å². The summed E-state index contributed by atoms with van der Waals surface area (Å²) in [5, 5.41) is 150. The largest absolute Gasteiger partial charge is 0.527 e. The summed E-state index contributed by atoms with van der Waals surface area (Å²) in [7, 11) is 10.9. The third-order valence-electron chi connectivity index (χ3n) is 24.3. The number of rotatable bonds is 18. The Labute approximate surface area is 720 Å². The van der Waals surface area contributed by atoms with Crippen molar-refractivity contribution in [3.8, 4) is 39.9 Å². The number of ketones is 6. The van der Waals surface area contributed by atoms with E-state index in [9.17, 15) is 114 Å². The van der Waals surface area contributed by atoms with Gasteiger partial charge in [0.25, 0.3) is 17.7 Å². The van der Waals surface area contributed by atoms with Crippen molar-refractivity contribution in [2.75, 3.05) is 76.3 Å². The van der Waals surface area contributed by atoms with E-state index in [1.807, 2.05) is 6.07 Å². The van der Waals surface area contributed by atoms with Gasteiger partial charge in [-0.1, -0.05) is 0 Å². The van der Waals surface area contributed by atoms with Crippen LogP contribution in [0.25, 0.3) is 39.9 Å². The van der Waals surface area contributed by atoms with Crippen molar-refractivity contribution in [1.82, 2.24) is 14.7 Å². The third kappa shape index (κ3) is 15.5. The van der Waals surface area contributed by atoms with Crippen LogP contribution < -0.4 is 28.6 Å². The highest BCUT2D eigenvalue weighted by Crippen LogP contribution is 2.58. The number of aldehydes is 2. The summed E-state index contributed by atoms with van der Waals surface area (Å²) in [6.45, 7) is 1.92. The minimum Gasteiger partial charge on any atom is -0.508 e. The number of carbonyl (C=O) groups excluding carboxylic acids is 11. The van der Waals surface area contributed by atoms with Crippen LogP contribution >= 0.6 is 22.6 Å². The summed E-state index contributed by atoms with van der Waals surface area (Å²) in [4.78, 5) is 143. The zero-order chi connectivity index (χ0) is 91.4. The summed E-state index contributed by atoms with van der Waals surface area (Å²) in [6, 6.07) is 10.3. The number of primary amides is 3. The van der Waals surface area contributed by atoms with Gasteiger partial charge < -0.3 is 117 Å². The van der Waals surface area contributed by atoms with Crippen LogP contribution in [0.1, 0.15) is 91.8 Å². The van der Waals surface area contributed by atoms with Crippen LogP contribution in [0.15, 0.2) is 137 Å². The van der Waals surface area contributed by atoms with Gasteiger partial charge in [-0.2, -0.15) is 0 Å². The van der Waals surface area contributed by atoms with Crippen LogP contribution in [-0.4, -0.2) is 269 Å². The second-order valence-electron chi connectivity index (χ2n) is 31.8. The molecule has 9 aliphatic carbocycles. The summed E-state index contributed by atoms with van der Waals surface area (Å²) < 4.78 is 26.4. The quantitative estimate of drug-likeness (QED) is 0.0193. The number of nitrogens with zero attached hydrogens (tertiary/aromatic N) is 3. The first-order valence-corrected chi connectivity index (χ1v) is 39.9. The molecule has 0 unspecified atom stereocenters. The molecule has 3 saturated carbocycles. The maximum atomic E-state index is 14.0. The molecule has 6 aromatic rings. The molecule has 0 bridgehead atoms. The number of aryl methyl sites for hydroxylation is 1. The summed E-state index contributed by atoms with van der Waals surface area (Å²) in [5.74, 6) is -19.7. The SMILES string of the molecule is CN(C)[C@@H]1C(=O)C(C(N)=O)=C(O)[C@@]2(O)C(=O)C3=C(O)c4c(O)ccc(-c5occc5C=O)c4C[C@H]3C[C@@H]12.CN(C)[C@@H]1C(=O)C(C(N)=O)=C(O)[C@@]2(O)C(=O)C3=C(O)c4c(O)ccc(I)c4C[C@H]3C[C@@H]12.COCCCCc1ccoc1-c1ccc(O)c2c1C[C@H]1C[C@H]3[C@H](N(C)C)C(=O)C(C(N)=O)=C(O)[C@@]3(O)C(=O)C1=C2O.COCCN.O=Cc1ccoc1B(O)O. The van der Waals surface area contributed by atoms with Crippen molar-refractivity contribution >= 4 is 118 Å². The van der Waals surface area contributed by atoms with Gasteiger partial charge in [-0.3, -0.25) is 67.4 Å². The average molecular weight is 1830 g/mol. The molecule has 0 saturated heterocycles. The van der Waals surface area contributed by atoms with Crippen molar-refractivity contribution in [3.05, 3.63) is 178 Å². The topological polar surface area (TPSA) is 643 Å². The number of unbranched alkanes of at least 4 members (excludes halogenated alkanes) is 1. The smallest absolute Gasteiger partial charge is 0.508 e. The molecule has 3 aromatic heterocycles. The number of methoxy groups -OCH3 is 2. The monoisotopic (exact) mass is 1830 g/mol. The fraction of sp³-hybridized carbons (Fsp3) is 0.376. The number of aliphatic hydroxyl groups is 9. The van der Waals surface area contributed by atoms with E-state index in [-0.39, 0.29) is 105 Å². The molecule has 3 heterocycles. The Morgan fingerprint density at radius 1 is 0.492 bits per heavy atom. The molecule has 12 atom stereocenters. The van der Waals surface area contributed by atoms with Crippen LogP contribution in [-0.2, 0) is 78.3 Å². The number of nitrogens with two attached hydrogens (primary N) is 4. The van der Waals surface area contributed by atoms with Crippen molar-refractivity contribution < 1.29 is 147 Å². The number of aromatic hydroxyl groups is 3. The molecular formula is C85H93BIN7O30. The predicted octanol–water partition coefficient (Wildman–Crippen LogP) is 2.16. The van der Waals surface area contributed by atoms with Crippen molar-refractivity contribution in [1.29, 1.82) is 0 Å². The molecule has 9 aliphatic rings. The molecule has 3 fully saturated rings. The van der Waals surface area contributed by atoms with Gasteiger partial charge in [0.05, 0.1) is 71.3 Å². The fourth-order valence-corrected chi connectivity index (χ4v) is 19.5. The maximum Gasteiger partial charge on any atom is 0.527 e. The van der Waals surface area contributed by atoms with E-state index in [1.165, 1.54) is 77.7 Å². The zero-order valence-corrected chi connectivity index (χ0v) is 70.3. The lowest BCUT2D eigenvalue weighted by molar-refractivity contribution is -0.155. The highest BCUT2D eigenvalue weighted by Gasteiger charge is 2.68. The fourth-order valence-electron chi connectivity index (χ4n) is 18.8. The van der Waals surface area contributed by atoms with Crippen LogP contribution in [0.4, 0.5) is 0 Å². The summed E-state index contributed by atoms with van der Waals surface area (Å²) in [6.07, 6.45) is 8.28. The Balaban J connectivity index is 0.000000168. The lowest BCUT2D eigenvalue weighted by atomic mass is 9.57. The second kappa shape index (κ2) is 36.2. The minimum absolute atomic E-state index is 0.0168. The molecule has 658 valence electrons. The number of hydrogen-bond acceptors (Lipinski definition) is 34. The Bertz CT molecular complexity index is 5620. The van der Waals surface area contributed by atoms with E-state index in [0.29, 0.717) is 72.3 Å². The summed E-state index contributed by atoms with van der Waals surface area (Å²) >= 11 is 2.07. The highest BCUT2D eigenvalue weighted by atomic mass is 127. The molecule has 3 amide bonds. The van der Waals surface area contributed by atoms with Gasteiger partial charge >= 0.3 is 7.12 Å². The third-order valence-corrected chi connectivity index (χ3v) is 25.3. The van der Waals surface area contributed by atoms with Gasteiger partial charge in [0.15, 0.2) is 46.7 Å². The molecule has 0 radical (unpaired) electrons. The van der Waals surface area contributed by atoms with Crippen LogP contribution in [0.3, 0.4) is 0 Å². The molecule has 22 N–H and O–H groups in total. The number of phenolic OH excluding ortho intramolecular Hbond substituents is 3. The number of halogens is 1. The average Bonchev–Trinajstić information content (AvgIpc) is 0.826. The Morgan fingerprint density at radius 3 is 1.19 bits per heavy atom. The standard InChI is InChI=1S/C30H34N2O9.C26H24N2O9.C21H21IN2O7.C5H5BO4.C3H9NO/c1-32(2)23-18-13-15-12-17-16(26-14(9-11-41-26)6-4-5-10-40-3)7-8-19(33)21(17)24(34)20(15)27(36)30(18,39)28(37)22(25(23)35)29(31)38;1-28(2)19-14-8-11-7-13-12(22-10(9-29)5-6-37-22)3-4-15(30)17(13)20(31)16(11)23(33)26(14,36)24(34)18(21(19)32)25(27)35;1-24(2)15-9-6-7-5-8-10(22)3-4-11(25)13(8)16(26)12(7)18(28)21(9,31)19(29)14(17(15)27)20(23)30;7-3-4-1-2-10-5(4)6(8)9;1-5-3-2-4/h7-9,11,15,18,23,33-34,37,39H,4-6,10,12-13H2,1-3H3,(H2,31,38);3-6,9,11,14,19,30-31,34,36H,7-8H2,1-2H3,(H2,27,35);3-4,7,9,15,25-26,29,31H,5-6H2,1-2H3,(H2,23,30);1-3,8-9H;2-4H2,1H3/t15-,18-,23-,30-;11-,14-,19-,26-;7-,9-,15-,21-;;/m000../s1. The normalized spacial score (nSPS) is 25.3. The van der Waals surface area contributed by atoms with Crippen molar-refractivity contribution in [2.24, 2.45) is 58.4 Å². The molecule has 37 nitrogen and oxygen atoms in total. The van der Waals surface area contributed by atoms with Gasteiger partial charge in [-0.25, -0.2) is 0 Å². The highest BCUT2D eigenvalue weighted by molar-refractivity contribution is 14.1. The van der Waals surface area contributed by atoms with E-state index in [4.69, 9.17) is 46.6 Å². The molecule has 39 heteroatoms. The lowest BCUT2D eigenvalue weighted by Gasteiger charge is -2.50. The van der Waals surface area contributed by atoms with E-state index < -0.39 is 181 Å². The number of furan rings is 3. The number of Topliss-reactive ketones (excluding diaryl/α,β-unsaturated/α-hetero) is 6. The van der Waals surface area contributed by atoms with E-state index in [1.54, 1.807) is 60.8 Å². The first-order valence-electron chi connectivity index (χ1n) is 38.8. The predicted molar refractivity (Wildman–Crippen MR) is 446 cm³/mol. The van der Waals surface area contributed by atoms with Crippen LogP contribution in [0.5, 0.6) is 17.2 Å². The Morgan fingerprint density at radius 2 is 0.839 bits per heavy atom. The molecule has 124 heavy (non-hydrogen) atoms.